The van der Waals surface area contributed by atoms with E-state index >= 15 is 0 Å². The van der Waals surface area contributed by atoms with Gasteiger partial charge in [-0.05, 0) is 44.9 Å². The Bertz CT molecular complexity index is 1350. The molecule has 0 aliphatic heterocycles. The zero-order valence-electron chi connectivity index (χ0n) is 52.0. The molecule has 0 spiro atoms. The number of quaternary nitrogens is 1. The summed E-state index contributed by atoms with van der Waals surface area (Å²) in [4.78, 5) is 35.8. The first-order valence-corrected chi connectivity index (χ1v) is 35.1. The summed E-state index contributed by atoms with van der Waals surface area (Å²) in [5.74, 6) is -0.774. The van der Waals surface area contributed by atoms with Crippen LogP contribution in [0.4, 0.5) is 0 Å². The average molecular weight is 1110 g/mol. The van der Waals surface area contributed by atoms with E-state index in [1.54, 1.807) is 0 Å². The summed E-state index contributed by atoms with van der Waals surface area (Å²) in [5, 5.41) is 0. The maximum Gasteiger partial charge on any atom is 0.472 e. The van der Waals surface area contributed by atoms with Crippen LogP contribution in [-0.2, 0) is 32.7 Å². The fraction of sp³-hybridized carbons (Fsp3) is 0.910. The minimum Gasteiger partial charge on any atom is -0.462 e. The zero-order valence-corrected chi connectivity index (χ0v) is 52.9. The van der Waals surface area contributed by atoms with Crippen molar-refractivity contribution in [2.75, 3.05) is 47.5 Å². The van der Waals surface area contributed by atoms with Crippen LogP contribution in [0.2, 0.25) is 0 Å². The molecular weight excluding hydrogens is 978 g/mol. The number of hydrogen-bond acceptors (Lipinski definition) is 7. The molecule has 0 saturated carbocycles. The number of hydrogen-bond donors (Lipinski definition) is 1. The van der Waals surface area contributed by atoms with Crippen molar-refractivity contribution in [3.05, 3.63) is 24.3 Å². The average Bonchev–Trinajstić information content (AvgIpc) is 3.39. The molecule has 0 aromatic rings. The minimum absolute atomic E-state index is 0.0359. The van der Waals surface area contributed by atoms with Gasteiger partial charge in [-0.25, -0.2) is 4.57 Å². The number of carbonyl (C=O) groups excluding carboxylic acids is 2. The molecule has 10 heteroatoms. The Kier molecular flexibility index (Phi) is 58.0. The molecule has 0 rings (SSSR count). The van der Waals surface area contributed by atoms with Crippen molar-refractivity contribution in [3.8, 4) is 0 Å². The summed E-state index contributed by atoms with van der Waals surface area (Å²) in [6, 6.07) is 0. The van der Waals surface area contributed by atoms with E-state index in [0.29, 0.717) is 23.9 Å². The molecule has 9 nitrogen and oxygen atoms in total. The van der Waals surface area contributed by atoms with E-state index in [1.807, 2.05) is 21.1 Å². The first-order chi connectivity index (χ1) is 37.5. The predicted octanol–water partition coefficient (Wildman–Crippen LogP) is 21.3. The third kappa shape index (κ3) is 63.5. The molecule has 456 valence electrons. The summed E-state index contributed by atoms with van der Waals surface area (Å²) in [6.07, 6.45) is 72.8. The van der Waals surface area contributed by atoms with Gasteiger partial charge in [0.25, 0.3) is 0 Å². The van der Waals surface area contributed by atoms with E-state index < -0.39 is 26.5 Å². The van der Waals surface area contributed by atoms with E-state index in [2.05, 4.69) is 38.2 Å². The van der Waals surface area contributed by atoms with E-state index in [1.165, 1.54) is 270 Å². The van der Waals surface area contributed by atoms with Crippen LogP contribution in [-0.4, -0.2) is 74.9 Å². The zero-order chi connectivity index (χ0) is 56.3. The molecule has 0 aromatic carbocycles. The first-order valence-electron chi connectivity index (χ1n) is 33.6. The van der Waals surface area contributed by atoms with Gasteiger partial charge in [0.05, 0.1) is 27.7 Å². The Balaban J connectivity index is 3.98. The van der Waals surface area contributed by atoms with Crippen LogP contribution in [0.5, 0.6) is 0 Å². The van der Waals surface area contributed by atoms with Crippen molar-refractivity contribution in [1.29, 1.82) is 0 Å². The lowest BCUT2D eigenvalue weighted by Gasteiger charge is -2.24. The first kappa shape index (κ1) is 75.5. The van der Waals surface area contributed by atoms with Gasteiger partial charge in [0.1, 0.15) is 19.8 Å². The fourth-order valence-electron chi connectivity index (χ4n) is 10.1. The van der Waals surface area contributed by atoms with Crippen LogP contribution in [0.1, 0.15) is 341 Å². The summed E-state index contributed by atoms with van der Waals surface area (Å²) >= 11 is 0. The number of phosphoric ester groups is 1. The third-order valence-electron chi connectivity index (χ3n) is 15.2. The van der Waals surface area contributed by atoms with Gasteiger partial charge in [0.15, 0.2) is 6.10 Å². The van der Waals surface area contributed by atoms with Crippen LogP contribution in [0.25, 0.3) is 0 Å². The number of carbonyl (C=O) groups is 2. The lowest BCUT2D eigenvalue weighted by atomic mass is 10.0. The van der Waals surface area contributed by atoms with Gasteiger partial charge >= 0.3 is 19.8 Å². The molecule has 0 heterocycles. The summed E-state index contributed by atoms with van der Waals surface area (Å²) < 4.78 is 34.7. The highest BCUT2D eigenvalue weighted by Crippen LogP contribution is 2.43. The monoisotopic (exact) mass is 1110 g/mol. The van der Waals surface area contributed by atoms with E-state index in [0.717, 1.165) is 38.5 Å². The molecule has 0 saturated heterocycles. The number of unbranched alkanes of at least 4 members (excludes halogenated alkanes) is 45. The van der Waals surface area contributed by atoms with Crippen molar-refractivity contribution < 1.29 is 42.1 Å². The predicted molar refractivity (Wildman–Crippen MR) is 331 cm³/mol. The number of ether oxygens (including phenoxy) is 2. The minimum atomic E-state index is -4.38. The lowest BCUT2D eigenvalue weighted by molar-refractivity contribution is -0.870. The highest BCUT2D eigenvalue weighted by Gasteiger charge is 2.27. The molecule has 1 N–H and O–H groups in total. The molecular formula is C67H131NO8P+. The fourth-order valence-corrected chi connectivity index (χ4v) is 10.8. The number of rotatable bonds is 63. The summed E-state index contributed by atoms with van der Waals surface area (Å²) in [5.41, 5.74) is 0. The lowest BCUT2D eigenvalue weighted by Crippen LogP contribution is -2.37. The molecule has 77 heavy (non-hydrogen) atoms. The molecule has 0 fully saturated rings. The van der Waals surface area contributed by atoms with Crippen LogP contribution in [0.15, 0.2) is 24.3 Å². The van der Waals surface area contributed by atoms with Gasteiger partial charge in [-0.2, -0.15) is 0 Å². The van der Waals surface area contributed by atoms with Crippen LogP contribution in [0, 0.1) is 0 Å². The van der Waals surface area contributed by atoms with Crippen LogP contribution < -0.4 is 0 Å². The second-order valence-corrected chi connectivity index (χ2v) is 25.7. The smallest absolute Gasteiger partial charge is 0.462 e. The largest absolute Gasteiger partial charge is 0.472 e. The molecule has 2 atom stereocenters. The van der Waals surface area contributed by atoms with Gasteiger partial charge in [0, 0.05) is 12.8 Å². The van der Waals surface area contributed by atoms with Crippen LogP contribution >= 0.6 is 7.82 Å². The maximum atomic E-state index is 12.9. The maximum absolute atomic E-state index is 12.9. The molecule has 0 amide bonds. The normalized spacial score (nSPS) is 13.3. The highest BCUT2D eigenvalue weighted by molar-refractivity contribution is 7.47. The molecule has 0 aliphatic carbocycles. The van der Waals surface area contributed by atoms with Crippen molar-refractivity contribution in [2.24, 2.45) is 0 Å². The Morgan fingerprint density at radius 3 is 1.03 bits per heavy atom. The second-order valence-electron chi connectivity index (χ2n) is 24.2. The SMILES string of the molecule is CCCCCCC/C=C\C/C=C\CCCCCCCCCCCCCCCCCCCCCCCC(=O)OC(COC(=O)CCCCCCCCCCCCCCCCCCCCCC)COP(=O)(O)OCC[N+](C)(C)C. The second kappa shape index (κ2) is 59.1. The number of phosphoric acid groups is 1. The number of nitrogens with zero attached hydrogens (tertiary/aromatic N) is 1. The molecule has 0 bridgehead atoms. The molecule has 0 aliphatic rings. The molecule has 0 radical (unpaired) electrons. The molecule has 2 unspecified atom stereocenters. The Morgan fingerprint density at radius 2 is 0.701 bits per heavy atom. The number of likely N-dealkylation sites (N-methyl/N-ethyl adjacent to an activating group) is 1. The summed E-state index contributed by atoms with van der Waals surface area (Å²) in [7, 11) is 1.50. The Morgan fingerprint density at radius 1 is 0.403 bits per heavy atom. The van der Waals surface area contributed by atoms with E-state index in [9.17, 15) is 19.0 Å². The van der Waals surface area contributed by atoms with Crippen molar-refractivity contribution >= 4 is 19.8 Å². The van der Waals surface area contributed by atoms with Crippen LogP contribution in [0.3, 0.4) is 0 Å². The van der Waals surface area contributed by atoms with E-state index in [4.69, 9.17) is 18.5 Å². The van der Waals surface area contributed by atoms with Gasteiger partial charge in [0.2, 0.25) is 0 Å². The van der Waals surface area contributed by atoms with Gasteiger partial charge in [-0.15, -0.1) is 0 Å². The van der Waals surface area contributed by atoms with E-state index in [-0.39, 0.29) is 25.6 Å². The number of esters is 2. The summed E-state index contributed by atoms with van der Waals surface area (Å²) in [6.45, 7) is 4.50. The third-order valence-corrected chi connectivity index (χ3v) is 16.2. The van der Waals surface area contributed by atoms with Gasteiger partial charge in [-0.1, -0.05) is 308 Å². The quantitative estimate of drug-likeness (QED) is 0.0211. The topological polar surface area (TPSA) is 108 Å². The highest BCUT2D eigenvalue weighted by atomic mass is 31.2. The van der Waals surface area contributed by atoms with Crippen molar-refractivity contribution in [2.45, 2.75) is 347 Å². The van der Waals surface area contributed by atoms with Crippen molar-refractivity contribution in [3.63, 3.8) is 0 Å². The van der Waals surface area contributed by atoms with Crippen molar-refractivity contribution in [1.82, 2.24) is 0 Å². The molecule has 0 aromatic heterocycles. The van der Waals surface area contributed by atoms with Gasteiger partial charge < -0.3 is 18.9 Å². The number of allylic oxidation sites excluding steroid dienone is 4. The standard InChI is InChI=1S/C67H130NO8P/c1-6-8-10-12-14-16-18-20-22-24-26-28-29-30-31-32-33-34-35-36-37-38-39-40-42-44-46-48-50-52-54-56-58-60-67(70)76-65(64-75-77(71,72)74-62-61-68(3,4)5)63-73-66(69)59-57-55-53-51-49-47-45-43-41-27-25-23-21-19-17-15-13-11-9-7-2/h18,20,24,26,65H,6-17,19,21-23,25,27-64H2,1-5H3/p+1/b20-18-,26-24-. The Labute approximate surface area is 479 Å². The Hall–Kier alpha value is -1.51. The van der Waals surface area contributed by atoms with Gasteiger partial charge in [-0.3, -0.25) is 18.6 Å².